The van der Waals surface area contributed by atoms with E-state index in [4.69, 9.17) is 4.74 Å². The minimum absolute atomic E-state index is 0.0202. The van der Waals surface area contributed by atoms with Crippen LogP contribution in [0.25, 0.3) is 0 Å². The number of nitrogens with zero attached hydrogens (tertiary/aromatic N) is 1. The predicted molar refractivity (Wildman–Crippen MR) is 124 cm³/mol. The number of amides is 2. The molecule has 0 spiro atoms. The highest BCUT2D eigenvalue weighted by atomic mass is 16.5. The molecular weight excluding hydrogens is 416 g/mol. The fourth-order valence-corrected chi connectivity index (χ4v) is 7.12. The van der Waals surface area contributed by atoms with E-state index in [2.05, 4.69) is 37.4 Å². The summed E-state index contributed by atoms with van der Waals surface area (Å²) in [6.07, 6.45) is 7.67. The first-order valence-electron chi connectivity index (χ1n) is 11.9. The van der Waals surface area contributed by atoms with Crippen LogP contribution in [-0.2, 0) is 26.8 Å². The van der Waals surface area contributed by atoms with E-state index >= 15 is 0 Å². The van der Waals surface area contributed by atoms with Crippen molar-refractivity contribution in [3.63, 3.8) is 0 Å². The average molecular weight is 449 g/mol. The Bertz CT molecular complexity index is 1120. The fraction of sp³-hybridized carbons (Fsp3) is 0.519. The molecule has 4 aliphatic carbocycles. The first-order valence-corrected chi connectivity index (χ1v) is 11.9. The number of carbonyl (C=O) groups excluding carboxylic acids is 3. The Morgan fingerprint density at radius 3 is 2.42 bits per heavy atom. The molecule has 1 aromatic heterocycles. The monoisotopic (exact) mass is 448 g/mol. The molecule has 0 unspecified atom stereocenters. The molecule has 1 heterocycles. The van der Waals surface area contributed by atoms with E-state index in [1.807, 2.05) is 0 Å². The Morgan fingerprint density at radius 2 is 1.79 bits per heavy atom. The number of benzene rings is 1. The molecule has 2 atom stereocenters. The summed E-state index contributed by atoms with van der Waals surface area (Å²) in [5.41, 5.74) is 3.80. The first kappa shape index (κ1) is 21.9. The summed E-state index contributed by atoms with van der Waals surface area (Å²) >= 11 is 0. The van der Waals surface area contributed by atoms with Crippen LogP contribution in [0.4, 0.5) is 0 Å². The van der Waals surface area contributed by atoms with Crippen LogP contribution in [0.5, 0.6) is 0 Å². The summed E-state index contributed by atoms with van der Waals surface area (Å²) in [6, 6.07) is 10.1. The zero-order valence-electron chi connectivity index (χ0n) is 19.6. The SMILES string of the molecule is Cc1ccc(C23C[C@H]4C[C@@H](CC(C(=O)OCC(=O)NC(=O)c5cccn5C)(C4)C2)C3)cc1C. The molecule has 174 valence electrons. The number of aromatic nitrogens is 1. The molecule has 6 heteroatoms. The Labute approximate surface area is 194 Å². The lowest BCUT2D eigenvalue weighted by atomic mass is 9.43. The number of esters is 1. The summed E-state index contributed by atoms with van der Waals surface area (Å²) in [5.74, 6) is -0.317. The molecule has 2 aromatic rings. The number of hydrogen-bond acceptors (Lipinski definition) is 4. The van der Waals surface area contributed by atoms with Gasteiger partial charge in [0.25, 0.3) is 11.8 Å². The van der Waals surface area contributed by atoms with Crippen molar-refractivity contribution >= 4 is 17.8 Å². The van der Waals surface area contributed by atoms with Gasteiger partial charge < -0.3 is 9.30 Å². The van der Waals surface area contributed by atoms with Gasteiger partial charge in [-0.05, 0) is 98.4 Å². The van der Waals surface area contributed by atoms with Gasteiger partial charge in [-0.3, -0.25) is 19.7 Å². The van der Waals surface area contributed by atoms with Crippen molar-refractivity contribution in [1.29, 1.82) is 0 Å². The molecule has 4 aliphatic rings. The zero-order valence-corrected chi connectivity index (χ0v) is 19.6. The fourth-order valence-electron chi connectivity index (χ4n) is 7.12. The number of aryl methyl sites for hydroxylation is 3. The van der Waals surface area contributed by atoms with Gasteiger partial charge in [0.15, 0.2) is 6.61 Å². The second-order valence-corrected chi connectivity index (χ2v) is 10.8. The molecule has 6 rings (SSSR count). The molecule has 0 aliphatic heterocycles. The Balaban J connectivity index is 1.29. The van der Waals surface area contributed by atoms with Crippen molar-refractivity contribution < 1.29 is 19.1 Å². The van der Waals surface area contributed by atoms with Gasteiger partial charge in [-0.25, -0.2) is 0 Å². The van der Waals surface area contributed by atoms with Crippen LogP contribution in [0.2, 0.25) is 0 Å². The zero-order chi connectivity index (χ0) is 23.4. The van der Waals surface area contributed by atoms with E-state index < -0.39 is 23.8 Å². The van der Waals surface area contributed by atoms with Gasteiger partial charge in [-0.15, -0.1) is 0 Å². The summed E-state index contributed by atoms with van der Waals surface area (Å²) in [4.78, 5) is 38.0. The maximum atomic E-state index is 13.4. The van der Waals surface area contributed by atoms with Gasteiger partial charge in [0.05, 0.1) is 5.41 Å². The third kappa shape index (κ3) is 3.79. The molecule has 33 heavy (non-hydrogen) atoms. The molecule has 0 saturated heterocycles. The normalized spacial score (nSPS) is 29.7. The number of nitrogens with one attached hydrogen (secondary N) is 1. The standard InChI is InChI=1S/C27H32N2O4/c1-17-6-7-21(9-18(17)2)26-11-19-10-20(12-26)14-27(13-19,16-26)25(32)33-15-23(30)28-24(31)22-5-4-8-29(22)3/h4-9,19-20H,10-16H2,1-3H3,(H,28,30,31)/t19-,20-,26?,27?/m1/s1. The van der Waals surface area contributed by atoms with Crippen molar-refractivity contribution in [2.24, 2.45) is 24.3 Å². The molecule has 0 radical (unpaired) electrons. The average Bonchev–Trinajstić information content (AvgIpc) is 3.19. The van der Waals surface area contributed by atoms with Crippen LogP contribution in [-0.4, -0.2) is 29.0 Å². The number of hydrogen-bond donors (Lipinski definition) is 1. The summed E-state index contributed by atoms with van der Waals surface area (Å²) in [6.45, 7) is 3.85. The van der Waals surface area contributed by atoms with Gasteiger partial charge in [0, 0.05) is 13.2 Å². The largest absolute Gasteiger partial charge is 0.455 e. The molecule has 2 amide bonds. The molecular formula is C27H32N2O4. The Hall–Kier alpha value is -2.89. The third-order valence-corrected chi connectivity index (χ3v) is 8.38. The van der Waals surface area contributed by atoms with E-state index in [0.717, 1.165) is 32.1 Å². The predicted octanol–water partition coefficient (Wildman–Crippen LogP) is 3.98. The van der Waals surface area contributed by atoms with Gasteiger partial charge in [0.1, 0.15) is 5.69 Å². The van der Waals surface area contributed by atoms with Crippen LogP contribution < -0.4 is 5.32 Å². The van der Waals surface area contributed by atoms with E-state index in [-0.39, 0.29) is 11.4 Å². The number of rotatable bonds is 5. The maximum absolute atomic E-state index is 13.4. The minimum Gasteiger partial charge on any atom is -0.455 e. The first-order chi connectivity index (χ1) is 15.7. The van der Waals surface area contributed by atoms with Crippen molar-refractivity contribution in [3.05, 3.63) is 58.9 Å². The van der Waals surface area contributed by atoms with Crippen LogP contribution in [0.1, 0.15) is 65.7 Å². The maximum Gasteiger partial charge on any atom is 0.312 e. The molecule has 1 N–H and O–H groups in total. The van der Waals surface area contributed by atoms with Crippen molar-refractivity contribution in [1.82, 2.24) is 9.88 Å². The van der Waals surface area contributed by atoms with Crippen molar-refractivity contribution in [3.8, 4) is 0 Å². The van der Waals surface area contributed by atoms with Crippen molar-refractivity contribution in [2.75, 3.05) is 6.61 Å². The molecule has 4 saturated carbocycles. The highest BCUT2D eigenvalue weighted by molar-refractivity contribution is 6.04. The van der Waals surface area contributed by atoms with Gasteiger partial charge in [-0.1, -0.05) is 18.2 Å². The second kappa shape index (κ2) is 7.86. The number of ether oxygens (including phenoxy) is 1. The van der Waals surface area contributed by atoms with Gasteiger partial charge >= 0.3 is 5.97 Å². The lowest BCUT2D eigenvalue weighted by Crippen LogP contribution is -2.57. The molecule has 1 aromatic carbocycles. The summed E-state index contributed by atoms with van der Waals surface area (Å²) < 4.78 is 7.19. The second-order valence-electron chi connectivity index (χ2n) is 10.8. The van der Waals surface area contributed by atoms with E-state index in [0.29, 0.717) is 17.5 Å². The van der Waals surface area contributed by atoms with E-state index in [9.17, 15) is 14.4 Å². The Morgan fingerprint density at radius 1 is 1.06 bits per heavy atom. The van der Waals surface area contributed by atoms with E-state index in [1.165, 1.54) is 23.1 Å². The number of carbonyl (C=O) groups is 3. The minimum atomic E-state index is -0.594. The lowest BCUT2D eigenvalue weighted by Gasteiger charge is -2.61. The topological polar surface area (TPSA) is 77.4 Å². The van der Waals surface area contributed by atoms with Crippen molar-refractivity contribution in [2.45, 2.75) is 57.8 Å². The Kier molecular flexibility index (Phi) is 5.22. The summed E-state index contributed by atoms with van der Waals surface area (Å²) in [7, 11) is 1.73. The van der Waals surface area contributed by atoms with E-state index in [1.54, 1.807) is 29.9 Å². The quantitative estimate of drug-likeness (QED) is 0.702. The summed E-state index contributed by atoms with van der Waals surface area (Å²) in [5, 5.41) is 2.32. The third-order valence-electron chi connectivity index (χ3n) is 8.38. The van der Waals surface area contributed by atoms with Gasteiger partial charge in [-0.2, -0.15) is 0 Å². The van der Waals surface area contributed by atoms with Crippen LogP contribution in [0, 0.1) is 31.1 Å². The molecule has 4 bridgehead atoms. The van der Waals surface area contributed by atoms with Crippen LogP contribution >= 0.6 is 0 Å². The number of imide groups is 1. The van der Waals surface area contributed by atoms with Gasteiger partial charge in [0.2, 0.25) is 0 Å². The molecule has 6 nitrogen and oxygen atoms in total. The van der Waals surface area contributed by atoms with Crippen LogP contribution in [0.15, 0.2) is 36.5 Å². The highest BCUT2D eigenvalue weighted by Crippen LogP contribution is 2.66. The molecule has 4 fully saturated rings. The highest BCUT2D eigenvalue weighted by Gasteiger charge is 2.61. The van der Waals surface area contributed by atoms with Crippen LogP contribution in [0.3, 0.4) is 0 Å². The lowest BCUT2D eigenvalue weighted by molar-refractivity contribution is -0.175. The smallest absolute Gasteiger partial charge is 0.312 e.